The number of aromatic nitrogens is 4. The Labute approximate surface area is 198 Å². The van der Waals surface area contributed by atoms with Gasteiger partial charge in [-0.3, -0.25) is 4.98 Å². The summed E-state index contributed by atoms with van der Waals surface area (Å²) >= 11 is 0. The minimum absolute atomic E-state index is 0.566. The van der Waals surface area contributed by atoms with Crippen LogP contribution in [0.5, 0.6) is 11.6 Å². The lowest BCUT2D eigenvalue weighted by Gasteiger charge is -2.24. The maximum atomic E-state index is 6.63. The first kappa shape index (κ1) is 16.8. The van der Waals surface area contributed by atoms with Gasteiger partial charge in [0.2, 0.25) is 5.69 Å². The van der Waals surface area contributed by atoms with Crippen LogP contribution in [0.15, 0.2) is 97.3 Å². The van der Waals surface area contributed by atoms with Crippen molar-refractivity contribution in [2.45, 2.75) is 5.66 Å². The van der Waals surface area contributed by atoms with Gasteiger partial charge in [0, 0.05) is 23.7 Å². The Bertz CT molecular complexity index is 2160. The quantitative estimate of drug-likeness (QED) is 0.240. The number of fused-ring (bicyclic) bond motifs is 8. The molecule has 0 saturated carbocycles. The van der Waals surface area contributed by atoms with Gasteiger partial charge in [0.15, 0.2) is 17.5 Å². The van der Waals surface area contributed by atoms with Gasteiger partial charge in [-0.05, 0) is 42.5 Å². The highest BCUT2D eigenvalue weighted by molar-refractivity contribution is 6.15. The molecule has 1 spiro atoms. The van der Waals surface area contributed by atoms with E-state index in [0.717, 1.165) is 28.0 Å². The fraction of sp³-hybridized carbons (Fsp3) is 0.0333. The van der Waals surface area contributed by atoms with Crippen molar-refractivity contribution >= 4 is 38.4 Å². The summed E-state index contributed by atoms with van der Waals surface area (Å²) in [7, 11) is 0. The first-order chi connectivity index (χ1) is 17.4. The molecule has 3 aliphatic rings. The maximum absolute atomic E-state index is 6.63. The zero-order valence-corrected chi connectivity index (χ0v) is 18.4. The van der Waals surface area contributed by atoms with Crippen molar-refractivity contribution in [2.24, 2.45) is 0 Å². The van der Waals surface area contributed by atoms with E-state index < -0.39 is 5.66 Å². The Morgan fingerprint density at radius 3 is 2.69 bits per heavy atom. The number of rotatable bonds is 0. The van der Waals surface area contributed by atoms with Crippen LogP contribution in [0.25, 0.3) is 49.6 Å². The van der Waals surface area contributed by atoms with Crippen LogP contribution in [0.4, 0.5) is 0 Å². The standard InChI is InChI=1S/C30H16N4O/c1-2-10-21-18(7-1)26-29-28-19(27-22(33(21)29)11-6-15-31-27)13-14-24-34(28)30(26)25-17(8-5-12-23(25)35-24)20-9-3-4-16-32(20)30/h1-16H/q+2. The second-order valence-corrected chi connectivity index (χ2v) is 9.63. The van der Waals surface area contributed by atoms with Crippen LogP contribution >= 0.6 is 0 Å². The predicted molar refractivity (Wildman–Crippen MR) is 132 cm³/mol. The van der Waals surface area contributed by atoms with Crippen LogP contribution in [0.3, 0.4) is 0 Å². The van der Waals surface area contributed by atoms with E-state index in [1.165, 1.54) is 44.3 Å². The summed E-state index contributed by atoms with van der Waals surface area (Å²) in [5.74, 6) is 1.77. The lowest BCUT2D eigenvalue weighted by Crippen LogP contribution is -2.72. The minimum atomic E-state index is -0.566. The molecule has 0 aliphatic carbocycles. The van der Waals surface area contributed by atoms with Gasteiger partial charge >= 0.3 is 11.5 Å². The second kappa shape index (κ2) is 5.15. The van der Waals surface area contributed by atoms with Gasteiger partial charge in [0.05, 0.1) is 28.0 Å². The largest absolute Gasteiger partial charge is 0.426 e. The molecule has 5 aromatic heterocycles. The molecule has 160 valence electrons. The molecule has 0 radical (unpaired) electrons. The zero-order valence-electron chi connectivity index (χ0n) is 18.4. The van der Waals surface area contributed by atoms with Gasteiger partial charge in [-0.1, -0.05) is 28.8 Å². The molecule has 0 N–H and O–H groups in total. The molecule has 5 nitrogen and oxygen atoms in total. The van der Waals surface area contributed by atoms with Crippen molar-refractivity contribution < 1.29 is 13.9 Å². The van der Waals surface area contributed by atoms with Crippen LogP contribution in [0, 0.1) is 0 Å². The highest BCUT2D eigenvalue weighted by atomic mass is 16.5. The number of nitrogens with zero attached hydrogens (tertiary/aromatic N) is 4. The molecule has 3 aliphatic heterocycles. The monoisotopic (exact) mass is 448 g/mol. The maximum Gasteiger partial charge on any atom is 0.426 e. The normalized spacial score (nSPS) is 18.1. The molecule has 1 atom stereocenters. The smallest absolute Gasteiger partial charge is 0.404 e. The Kier molecular flexibility index (Phi) is 2.47. The van der Waals surface area contributed by atoms with Crippen molar-refractivity contribution in [1.82, 2.24) is 9.38 Å². The Hall–Kier alpha value is -4.77. The zero-order chi connectivity index (χ0) is 22.5. The van der Waals surface area contributed by atoms with Crippen LogP contribution in [0.1, 0.15) is 11.1 Å². The first-order valence-electron chi connectivity index (χ1n) is 11.9. The molecular formula is C30H16N4O+2. The Morgan fingerprint density at radius 1 is 0.771 bits per heavy atom. The molecule has 1 unspecified atom stereocenters. The fourth-order valence-corrected chi connectivity index (χ4v) is 7.16. The first-order valence-corrected chi connectivity index (χ1v) is 11.9. The van der Waals surface area contributed by atoms with E-state index in [4.69, 9.17) is 9.72 Å². The second-order valence-electron chi connectivity index (χ2n) is 9.63. The van der Waals surface area contributed by atoms with Crippen LogP contribution < -0.4 is 13.9 Å². The third-order valence-corrected chi connectivity index (χ3v) is 8.22. The molecule has 7 aromatic rings. The van der Waals surface area contributed by atoms with E-state index in [2.05, 4.69) is 98.6 Å². The molecule has 0 saturated heterocycles. The summed E-state index contributed by atoms with van der Waals surface area (Å²) in [5.41, 5.74) is 10.1. The van der Waals surface area contributed by atoms with Gasteiger partial charge in [-0.15, -0.1) is 4.57 Å². The summed E-state index contributed by atoms with van der Waals surface area (Å²) in [4.78, 5) is 4.88. The highest BCUT2D eigenvalue weighted by Gasteiger charge is 2.71. The molecule has 10 rings (SSSR count). The summed E-state index contributed by atoms with van der Waals surface area (Å²) in [6.07, 6.45) is 4.11. The van der Waals surface area contributed by atoms with E-state index >= 15 is 0 Å². The Morgan fingerprint density at radius 2 is 1.69 bits per heavy atom. The third-order valence-electron chi connectivity index (χ3n) is 8.22. The van der Waals surface area contributed by atoms with E-state index in [1.54, 1.807) is 0 Å². The minimum Gasteiger partial charge on any atom is -0.404 e. The molecule has 0 amide bonds. The van der Waals surface area contributed by atoms with Crippen molar-refractivity contribution in [3.05, 3.63) is 108 Å². The van der Waals surface area contributed by atoms with Gasteiger partial charge in [0.1, 0.15) is 16.6 Å². The predicted octanol–water partition coefficient (Wildman–Crippen LogP) is 5.07. The lowest BCUT2D eigenvalue weighted by molar-refractivity contribution is -0.952. The summed E-state index contributed by atoms with van der Waals surface area (Å²) in [6, 6.07) is 30.2. The SMILES string of the molecule is c1cc2c3c(c1)-c1cccc[n+]1C31c3c4ccccc4n4c5cccnc5c5ccc([n+]1c5c34)O2. The number of ether oxygens (including phenoxy) is 1. The fourth-order valence-electron chi connectivity index (χ4n) is 7.16. The van der Waals surface area contributed by atoms with Gasteiger partial charge in [-0.25, -0.2) is 0 Å². The number of hydrogen-bond acceptors (Lipinski definition) is 2. The van der Waals surface area contributed by atoms with Crippen LogP contribution in [0.2, 0.25) is 0 Å². The van der Waals surface area contributed by atoms with E-state index in [1.807, 2.05) is 12.3 Å². The molecule has 2 aromatic carbocycles. The summed E-state index contributed by atoms with van der Waals surface area (Å²) in [5, 5.41) is 2.40. The van der Waals surface area contributed by atoms with E-state index in [9.17, 15) is 0 Å². The molecular weight excluding hydrogens is 432 g/mol. The van der Waals surface area contributed by atoms with Crippen molar-refractivity contribution in [2.75, 3.05) is 0 Å². The van der Waals surface area contributed by atoms with Crippen LogP contribution in [-0.4, -0.2) is 9.38 Å². The van der Waals surface area contributed by atoms with Crippen molar-refractivity contribution in [3.63, 3.8) is 0 Å². The van der Waals surface area contributed by atoms with E-state index in [0.29, 0.717) is 0 Å². The number of hydrogen-bond donors (Lipinski definition) is 0. The van der Waals surface area contributed by atoms with Crippen molar-refractivity contribution in [1.29, 1.82) is 0 Å². The summed E-state index contributed by atoms with van der Waals surface area (Å²) < 4.78 is 13.9. The number of pyridine rings is 4. The average Bonchev–Trinajstić information content (AvgIpc) is 3.53. The van der Waals surface area contributed by atoms with Crippen LogP contribution in [-0.2, 0) is 5.66 Å². The molecule has 35 heavy (non-hydrogen) atoms. The highest BCUT2D eigenvalue weighted by Crippen LogP contribution is 2.55. The van der Waals surface area contributed by atoms with Gasteiger partial charge in [-0.2, -0.15) is 0 Å². The lowest BCUT2D eigenvalue weighted by atomic mass is 9.89. The van der Waals surface area contributed by atoms with Crippen molar-refractivity contribution in [3.8, 4) is 22.9 Å². The third kappa shape index (κ3) is 1.52. The molecule has 5 heteroatoms. The van der Waals surface area contributed by atoms with Gasteiger partial charge < -0.3 is 9.14 Å². The molecule has 8 heterocycles. The number of para-hydroxylation sites is 1. The average molecular weight is 448 g/mol. The van der Waals surface area contributed by atoms with E-state index in [-0.39, 0.29) is 0 Å². The topological polar surface area (TPSA) is 34.3 Å². The summed E-state index contributed by atoms with van der Waals surface area (Å²) in [6.45, 7) is 0. The number of benzene rings is 2. The Balaban J connectivity index is 1.63. The van der Waals surface area contributed by atoms with Gasteiger partial charge in [0.25, 0.3) is 5.52 Å². The molecule has 0 bridgehead atoms. The molecule has 0 fully saturated rings.